The zero-order chi connectivity index (χ0) is 18.7. The number of halogens is 1. The topological polar surface area (TPSA) is 110 Å². The Morgan fingerprint density at radius 2 is 1.96 bits per heavy atom. The number of anilines is 1. The summed E-state index contributed by atoms with van der Waals surface area (Å²) in [7, 11) is 0. The highest BCUT2D eigenvalue weighted by Gasteiger charge is 2.16. The van der Waals surface area contributed by atoms with E-state index >= 15 is 0 Å². The Labute approximate surface area is 161 Å². The van der Waals surface area contributed by atoms with Crippen molar-refractivity contribution >= 4 is 39.9 Å². The lowest BCUT2D eigenvalue weighted by Crippen LogP contribution is -2.14. The van der Waals surface area contributed by atoms with E-state index < -0.39 is 10.8 Å². The minimum atomic E-state index is -0.544. The van der Waals surface area contributed by atoms with Gasteiger partial charge in [-0.1, -0.05) is 17.7 Å². The molecule has 0 saturated heterocycles. The highest BCUT2D eigenvalue weighted by atomic mass is 127. The molecule has 9 heteroatoms. The Morgan fingerprint density at radius 3 is 2.58 bits per heavy atom. The number of nitrogens with zero attached hydrogens (tertiary/aromatic N) is 2. The van der Waals surface area contributed by atoms with E-state index in [4.69, 9.17) is 4.74 Å². The molecule has 2 N–H and O–H groups in total. The maximum atomic E-state index is 12.3. The molecule has 1 heterocycles. The number of non-ortho nitro benzene ring substituents is 1. The van der Waals surface area contributed by atoms with Crippen LogP contribution in [0.4, 0.5) is 11.4 Å². The van der Waals surface area contributed by atoms with E-state index in [2.05, 4.69) is 15.5 Å². The van der Waals surface area contributed by atoms with Crippen LogP contribution in [0.2, 0.25) is 0 Å². The highest BCUT2D eigenvalue weighted by Crippen LogP contribution is 2.30. The Balaban J connectivity index is 1.88. The number of hydrogen-bond acceptors (Lipinski definition) is 5. The summed E-state index contributed by atoms with van der Waals surface area (Å²) in [6, 6.07) is 11.4. The van der Waals surface area contributed by atoms with Crippen LogP contribution in [0.25, 0.3) is 0 Å². The molecule has 0 aliphatic heterocycles. The summed E-state index contributed by atoms with van der Waals surface area (Å²) in [5, 5.41) is 20.2. The number of aromatic nitrogens is 2. The first-order valence-electron chi connectivity index (χ1n) is 7.46. The monoisotopic (exact) mass is 464 g/mol. The van der Waals surface area contributed by atoms with Gasteiger partial charge >= 0.3 is 0 Å². The largest absolute Gasteiger partial charge is 0.457 e. The van der Waals surface area contributed by atoms with Crippen molar-refractivity contribution in [3.05, 3.63) is 73.6 Å². The lowest BCUT2D eigenvalue weighted by atomic mass is 10.2. The summed E-state index contributed by atoms with van der Waals surface area (Å²) in [6.07, 6.45) is 1.51. The van der Waals surface area contributed by atoms with Crippen molar-refractivity contribution in [2.24, 2.45) is 0 Å². The lowest BCUT2D eigenvalue weighted by molar-refractivity contribution is -0.384. The van der Waals surface area contributed by atoms with Gasteiger partial charge in [-0.2, -0.15) is 5.10 Å². The quantitative estimate of drug-likeness (QED) is 0.333. The molecule has 0 unspecified atom stereocenters. The molecule has 0 fully saturated rings. The number of carbonyl (C=O) groups is 1. The van der Waals surface area contributed by atoms with Crippen LogP contribution in [0.3, 0.4) is 0 Å². The Bertz CT molecular complexity index is 969. The van der Waals surface area contributed by atoms with Gasteiger partial charge in [0.05, 0.1) is 26.4 Å². The van der Waals surface area contributed by atoms with Crippen molar-refractivity contribution in [1.29, 1.82) is 0 Å². The minimum absolute atomic E-state index is 0.191. The number of ether oxygens (including phenoxy) is 1. The highest BCUT2D eigenvalue weighted by molar-refractivity contribution is 14.1. The van der Waals surface area contributed by atoms with E-state index in [1.165, 1.54) is 24.4 Å². The van der Waals surface area contributed by atoms with Gasteiger partial charge in [-0.25, -0.2) is 0 Å². The molecule has 3 rings (SSSR count). The second kappa shape index (κ2) is 7.52. The van der Waals surface area contributed by atoms with Gasteiger partial charge in [-0.15, -0.1) is 0 Å². The first-order valence-corrected chi connectivity index (χ1v) is 8.54. The molecule has 132 valence electrons. The number of nitrogens with one attached hydrogen (secondary N) is 2. The van der Waals surface area contributed by atoms with Gasteiger partial charge in [-0.05, 0) is 41.6 Å². The second-order valence-corrected chi connectivity index (χ2v) is 6.60. The number of carbonyl (C=O) groups excluding carboxylic acids is 1. The Morgan fingerprint density at radius 1 is 1.23 bits per heavy atom. The number of aromatic amines is 1. The maximum absolute atomic E-state index is 12.3. The number of benzene rings is 2. The van der Waals surface area contributed by atoms with Gasteiger partial charge in [0.25, 0.3) is 11.6 Å². The Kier molecular flexibility index (Phi) is 5.16. The molecule has 0 bridgehead atoms. The van der Waals surface area contributed by atoms with E-state index in [0.717, 1.165) is 5.56 Å². The van der Waals surface area contributed by atoms with Gasteiger partial charge in [0.2, 0.25) is 0 Å². The fraction of sp³-hybridized carbons (Fsp3) is 0.0588. The number of nitro groups is 1. The average molecular weight is 464 g/mol. The third-order valence-corrected chi connectivity index (χ3v) is 4.25. The summed E-state index contributed by atoms with van der Waals surface area (Å²) >= 11 is 1.97. The summed E-state index contributed by atoms with van der Waals surface area (Å²) in [4.78, 5) is 22.9. The minimum Gasteiger partial charge on any atom is -0.457 e. The summed E-state index contributed by atoms with van der Waals surface area (Å²) in [5.41, 5.74) is 1.40. The van der Waals surface area contributed by atoms with Crippen LogP contribution < -0.4 is 10.1 Å². The maximum Gasteiger partial charge on any atom is 0.275 e. The molecule has 0 aliphatic rings. The van der Waals surface area contributed by atoms with Crippen LogP contribution in [-0.2, 0) is 0 Å². The van der Waals surface area contributed by atoms with Crippen molar-refractivity contribution in [3.8, 4) is 11.5 Å². The molecule has 0 aliphatic carbocycles. The predicted octanol–water partition coefficient (Wildman–Crippen LogP) is 4.28. The predicted molar refractivity (Wildman–Crippen MR) is 104 cm³/mol. The van der Waals surface area contributed by atoms with E-state index in [0.29, 0.717) is 9.32 Å². The summed E-state index contributed by atoms with van der Waals surface area (Å²) in [5.74, 6) is 0.336. The van der Waals surface area contributed by atoms with Gasteiger partial charge in [0.1, 0.15) is 17.2 Å². The average Bonchev–Trinajstić information content (AvgIpc) is 3.03. The van der Waals surface area contributed by atoms with Crippen LogP contribution in [0, 0.1) is 20.6 Å². The molecule has 0 atom stereocenters. The lowest BCUT2D eigenvalue weighted by Gasteiger charge is -2.09. The molecular formula is C17H13IN4O4. The van der Waals surface area contributed by atoms with Crippen molar-refractivity contribution in [1.82, 2.24) is 10.2 Å². The third-order valence-electron chi connectivity index (χ3n) is 3.44. The SMILES string of the molecule is Cc1ccc(Oc2cc(NC(=O)c3[nH]ncc3I)cc([N+](=O)[O-])c2)cc1. The molecule has 26 heavy (non-hydrogen) atoms. The van der Waals surface area contributed by atoms with Gasteiger partial charge in [-0.3, -0.25) is 20.0 Å². The number of rotatable bonds is 5. The molecule has 2 aromatic carbocycles. The number of amides is 1. The number of aryl methyl sites for hydroxylation is 1. The van der Waals surface area contributed by atoms with Crippen LogP contribution in [-0.4, -0.2) is 21.0 Å². The molecule has 1 aromatic heterocycles. The zero-order valence-corrected chi connectivity index (χ0v) is 15.7. The van der Waals surface area contributed by atoms with Gasteiger partial charge in [0.15, 0.2) is 0 Å². The molecule has 1 amide bonds. The standard InChI is InChI=1S/C17H13IN4O4/c1-10-2-4-13(5-3-10)26-14-7-11(6-12(8-14)22(24)25)20-17(23)16-15(18)9-19-21-16/h2-9H,1H3,(H,19,21)(H,20,23). The van der Waals surface area contributed by atoms with Crippen LogP contribution >= 0.6 is 22.6 Å². The van der Waals surface area contributed by atoms with Crippen molar-refractivity contribution in [2.75, 3.05) is 5.32 Å². The smallest absolute Gasteiger partial charge is 0.275 e. The van der Waals surface area contributed by atoms with Crippen molar-refractivity contribution in [3.63, 3.8) is 0 Å². The van der Waals surface area contributed by atoms with E-state index in [1.807, 2.05) is 41.6 Å². The molecule has 0 saturated carbocycles. The fourth-order valence-electron chi connectivity index (χ4n) is 2.19. The van der Waals surface area contributed by atoms with Gasteiger partial charge < -0.3 is 10.1 Å². The summed E-state index contributed by atoms with van der Waals surface area (Å²) < 4.78 is 6.32. The van der Waals surface area contributed by atoms with Gasteiger partial charge in [0, 0.05) is 12.1 Å². The molecule has 3 aromatic rings. The molecule has 8 nitrogen and oxygen atoms in total. The van der Waals surface area contributed by atoms with Crippen LogP contribution in [0.5, 0.6) is 11.5 Å². The van der Waals surface area contributed by atoms with E-state index in [-0.39, 0.29) is 22.8 Å². The van der Waals surface area contributed by atoms with E-state index in [1.54, 1.807) is 12.1 Å². The molecule has 0 spiro atoms. The van der Waals surface area contributed by atoms with Crippen LogP contribution in [0.15, 0.2) is 48.7 Å². The molecule has 0 radical (unpaired) electrons. The number of nitro benzene ring substituents is 1. The fourth-order valence-corrected chi connectivity index (χ4v) is 2.69. The number of H-pyrrole nitrogens is 1. The van der Waals surface area contributed by atoms with Crippen molar-refractivity contribution in [2.45, 2.75) is 6.92 Å². The van der Waals surface area contributed by atoms with E-state index in [9.17, 15) is 14.9 Å². The first-order chi connectivity index (χ1) is 12.4. The zero-order valence-electron chi connectivity index (χ0n) is 13.5. The third kappa shape index (κ3) is 4.17. The molecular weight excluding hydrogens is 451 g/mol. The van der Waals surface area contributed by atoms with Crippen molar-refractivity contribution < 1.29 is 14.5 Å². The normalized spacial score (nSPS) is 10.4. The van der Waals surface area contributed by atoms with Crippen LogP contribution in [0.1, 0.15) is 16.1 Å². The first kappa shape index (κ1) is 17.9. The second-order valence-electron chi connectivity index (χ2n) is 5.43. The number of hydrogen-bond donors (Lipinski definition) is 2. The Hall–Kier alpha value is -2.95. The summed E-state index contributed by atoms with van der Waals surface area (Å²) in [6.45, 7) is 1.95.